The van der Waals surface area contributed by atoms with Gasteiger partial charge in [0, 0.05) is 5.56 Å². The molecule has 134 valence electrons. The molecule has 1 spiro atoms. The van der Waals surface area contributed by atoms with E-state index in [9.17, 15) is 14.4 Å². The molecule has 2 aliphatic rings. The third-order valence-electron chi connectivity index (χ3n) is 4.92. The van der Waals surface area contributed by atoms with Crippen LogP contribution in [0.4, 0.5) is 4.79 Å². The molecule has 1 aliphatic heterocycles. The van der Waals surface area contributed by atoms with E-state index in [0.29, 0.717) is 19.4 Å². The van der Waals surface area contributed by atoms with Gasteiger partial charge in [-0.25, -0.2) is 4.79 Å². The first-order valence-corrected chi connectivity index (χ1v) is 8.82. The van der Waals surface area contributed by atoms with Crippen molar-refractivity contribution in [1.82, 2.24) is 15.8 Å². The van der Waals surface area contributed by atoms with E-state index in [1.807, 2.05) is 37.4 Å². The summed E-state index contributed by atoms with van der Waals surface area (Å²) in [5, 5.41) is 3.65. The highest BCUT2D eigenvalue weighted by atomic mass is 16.2. The fraction of sp³-hybridized carbons (Fsp3) is 0.500. The van der Waals surface area contributed by atoms with Gasteiger partial charge in [-0.3, -0.25) is 15.0 Å². The lowest BCUT2D eigenvalue weighted by Gasteiger charge is -2.30. The van der Waals surface area contributed by atoms with E-state index >= 15 is 0 Å². The van der Waals surface area contributed by atoms with E-state index in [1.165, 1.54) is 0 Å². The number of carbonyl (C=O) groups is 3. The van der Waals surface area contributed by atoms with Crippen LogP contribution in [0, 0.1) is 0 Å². The van der Waals surface area contributed by atoms with Gasteiger partial charge in [0.15, 0.2) is 6.54 Å². The van der Waals surface area contributed by atoms with Crippen LogP contribution in [-0.2, 0) is 16.1 Å². The molecule has 1 aromatic rings. The lowest BCUT2D eigenvalue weighted by atomic mass is 9.82. The summed E-state index contributed by atoms with van der Waals surface area (Å²) in [6.07, 6.45) is 4.19. The smallest absolute Gasteiger partial charge is 0.326 e. The van der Waals surface area contributed by atoms with Gasteiger partial charge in [0.25, 0.3) is 11.8 Å². The second-order valence-corrected chi connectivity index (χ2v) is 7.04. The van der Waals surface area contributed by atoms with Crippen LogP contribution in [0.1, 0.15) is 37.7 Å². The van der Waals surface area contributed by atoms with Crippen molar-refractivity contribution in [2.24, 2.45) is 0 Å². The van der Waals surface area contributed by atoms with Crippen LogP contribution >= 0.6 is 0 Å². The summed E-state index contributed by atoms with van der Waals surface area (Å²) in [5.74, 6) is -0.670. The summed E-state index contributed by atoms with van der Waals surface area (Å²) < 4.78 is 0. The molecule has 2 fully saturated rings. The largest absolute Gasteiger partial charge is 0.344 e. The Hall–Kier alpha value is -2.41. The first-order chi connectivity index (χ1) is 12.0. The molecule has 3 rings (SSSR count). The number of nitrogens with one attached hydrogen (secondary N) is 3. The molecule has 0 bridgehead atoms. The van der Waals surface area contributed by atoms with Gasteiger partial charge in [0.2, 0.25) is 0 Å². The molecule has 7 nitrogen and oxygen atoms in total. The van der Waals surface area contributed by atoms with Gasteiger partial charge >= 0.3 is 6.03 Å². The monoisotopic (exact) mass is 345 g/mol. The van der Waals surface area contributed by atoms with E-state index in [0.717, 1.165) is 34.7 Å². The summed E-state index contributed by atoms with van der Waals surface area (Å²) in [4.78, 5) is 38.0. The Morgan fingerprint density at radius 2 is 1.88 bits per heavy atom. The molecule has 1 heterocycles. The van der Waals surface area contributed by atoms with Gasteiger partial charge in [-0.2, -0.15) is 5.01 Å². The van der Waals surface area contributed by atoms with Crippen molar-refractivity contribution in [3.63, 3.8) is 0 Å². The van der Waals surface area contributed by atoms with Gasteiger partial charge in [-0.1, -0.05) is 49.6 Å². The first kappa shape index (κ1) is 17.4. The lowest BCUT2D eigenvalue weighted by molar-refractivity contribution is -0.885. The van der Waals surface area contributed by atoms with E-state index in [-0.39, 0.29) is 18.4 Å². The normalized spacial score (nSPS) is 20.4. The number of carbonyl (C=O) groups excluding carboxylic acids is 3. The molecule has 1 aromatic carbocycles. The molecule has 1 unspecified atom stereocenters. The van der Waals surface area contributed by atoms with E-state index in [1.54, 1.807) is 0 Å². The number of amides is 4. The van der Waals surface area contributed by atoms with Crippen molar-refractivity contribution >= 4 is 17.8 Å². The number of urea groups is 1. The molecule has 1 aliphatic carbocycles. The molecular weight excluding hydrogens is 320 g/mol. The fourth-order valence-corrected chi connectivity index (χ4v) is 3.66. The second kappa shape index (κ2) is 7.23. The predicted octanol–water partition coefficient (Wildman–Crippen LogP) is -0.0128. The molecular formula is C18H25N4O3+. The average molecular weight is 345 g/mol. The van der Waals surface area contributed by atoms with Crippen LogP contribution in [0.5, 0.6) is 0 Å². The van der Waals surface area contributed by atoms with Gasteiger partial charge in [0.05, 0.1) is 7.05 Å². The van der Waals surface area contributed by atoms with Gasteiger partial charge < -0.3 is 10.2 Å². The zero-order chi connectivity index (χ0) is 17.9. The van der Waals surface area contributed by atoms with Crippen LogP contribution in [0.15, 0.2) is 30.3 Å². The SMILES string of the molecule is C[NH+](CC(=O)NN1C(=O)NC2(CCCCC2)C1=O)Cc1ccccc1. The summed E-state index contributed by atoms with van der Waals surface area (Å²) >= 11 is 0. The number of quaternary nitrogens is 1. The number of nitrogens with zero attached hydrogens (tertiary/aromatic N) is 1. The number of benzene rings is 1. The number of imide groups is 1. The molecule has 0 aromatic heterocycles. The molecule has 4 amide bonds. The zero-order valence-electron chi connectivity index (χ0n) is 14.5. The Labute approximate surface area is 147 Å². The Morgan fingerprint density at radius 1 is 1.20 bits per heavy atom. The predicted molar refractivity (Wildman–Crippen MR) is 91.2 cm³/mol. The lowest BCUT2D eigenvalue weighted by Crippen LogP contribution is -3.09. The highest BCUT2D eigenvalue weighted by Gasteiger charge is 2.52. The van der Waals surface area contributed by atoms with Crippen molar-refractivity contribution in [2.45, 2.75) is 44.2 Å². The molecule has 1 atom stereocenters. The number of rotatable bonds is 5. The fourth-order valence-electron chi connectivity index (χ4n) is 3.66. The minimum absolute atomic E-state index is 0.180. The highest BCUT2D eigenvalue weighted by Crippen LogP contribution is 2.32. The quantitative estimate of drug-likeness (QED) is 0.656. The number of hydrogen-bond donors (Lipinski definition) is 3. The van der Waals surface area contributed by atoms with Gasteiger partial charge in [-0.05, 0) is 12.8 Å². The topological polar surface area (TPSA) is 82.9 Å². The minimum Gasteiger partial charge on any atom is -0.326 e. The molecule has 0 radical (unpaired) electrons. The number of hydrogen-bond acceptors (Lipinski definition) is 3. The third kappa shape index (κ3) is 3.82. The van der Waals surface area contributed by atoms with Crippen LogP contribution in [-0.4, -0.2) is 42.0 Å². The summed E-state index contributed by atoms with van der Waals surface area (Å²) in [6, 6.07) is 9.35. The van der Waals surface area contributed by atoms with Crippen molar-refractivity contribution in [2.75, 3.05) is 13.6 Å². The Balaban J connectivity index is 1.55. The summed E-state index contributed by atoms with van der Waals surface area (Å²) in [5.41, 5.74) is 2.79. The van der Waals surface area contributed by atoms with Crippen molar-refractivity contribution in [3.05, 3.63) is 35.9 Å². The van der Waals surface area contributed by atoms with E-state index in [4.69, 9.17) is 0 Å². The van der Waals surface area contributed by atoms with Crippen molar-refractivity contribution in [3.8, 4) is 0 Å². The van der Waals surface area contributed by atoms with E-state index < -0.39 is 11.6 Å². The molecule has 1 saturated heterocycles. The van der Waals surface area contributed by atoms with Crippen LogP contribution in [0.25, 0.3) is 0 Å². The average Bonchev–Trinajstić information content (AvgIpc) is 2.80. The summed E-state index contributed by atoms with van der Waals surface area (Å²) in [6.45, 7) is 0.872. The Morgan fingerprint density at radius 3 is 2.56 bits per heavy atom. The number of likely N-dealkylation sites (N-methyl/N-ethyl adjacent to an activating group) is 1. The molecule has 1 saturated carbocycles. The molecule has 25 heavy (non-hydrogen) atoms. The summed E-state index contributed by atoms with van der Waals surface area (Å²) in [7, 11) is 1.90. The highest BCUT2D eigenvalue weighted by molar-refractivity contribution is 6.08. The molecule has 3 N–H and O–H groups in total. The number of hydrazine groups is 1. The Bertz CT molecular complexity index is 656. The zero-order valence-corrected chi connectivity index (χ0v) is 14.5. The van der Waals surface area contributed by atoms with Crippen LogP contribution in [0.2, 0.25) is 0 Å². The third-order valence-corrected chi connectivity index (χ3v) is 4.92. The van der Waals surface area contributed by atoms with Crippen molar-refractivity contribution in [1.29, 1.82) is 0 Å². The van der Waals surface area contributed by atoms with E-state index in [2.05, 4.69) is 10.7 Å². The standard InChI is InChI=1S/C18H24N4O3/c1-21(12-14-8-4-2-5-9-14)13-15(23)20-22-16(24)18(19-17(22)25)10-6-3-7-11-18/h2,4-5,8-9H,3,6-7,10-13H2,1H3,(H,19,25)(H,20,23)/p+1. The minimum atomic E-state index is -0.814. The second-order valence-electron chi connectivity index (χ2n) is 7.04. The first-order valence-electron chi connectivity index (χ1n) is 8.82. The van der Waals surface area contributed by atoms with Gasteiger partial charge in [0.1, 0.15) is 12.1 Å². The van der Waals surface area contributed by atoms with Crippen molar-refractivity contribution < 1.29 is 19.3 Å². The van der Waals surface area contributed by atoms with Crippen LogP contribution < -0.4 is 15.6 Å². The van der Waals surface area contributed by atoms with Crippen LogP contribution in [0.3, 0.4) is 0 Å². The maximum absolute atomic E-state index is 12.6. The van der Waals surface area contributed by atoms with Gasteiger partial charge in [-0.15, -0.1) is 0 Å². The molecule has 7 heteroatoms. The Kier molecular flexibility index (Phi) is 5.03. The maximum Gasteiger partial charge on any atom is 0.344 e. The maximum atomic E-state index is 12.6.